The van der Waals surface area contributed by atoms with Crippen molar-refractivity contribution in [2.24, 2.45) is 0 Å². The van der Waals surface area contributed by atoms with Gasteiger partial charge in [-0.05, 0) is 28.1 Å². The second-order valence-electron chi connectivity index (χ2n) is 2.15. The maximum Gasteiger partial charge on any atom is 0.172 e. The van der Waals surface area contributed by atoms with E-state index < -0.39 is 0 Å². The van der Waals surface area contributed by atoms with Gasteiger partial charge in [0.15, 0.2) is 11.5 Å². The smallest absolute Gasteiger partial charge is 0.172 e. The van der Waals surface area contributed by atoms with Crippen molar-refractivity contribution in [3.8, 4) is 23.8 Å². The molecular weight excluding hydrogens is 220 g/mol. The second-order valence-corrected chi connectivity index (χ2v) is 3.01. The van der Waals surface area contributed by atoms with Crippen LogP contribution in [0.3, 0.4) is 0 Å². The molecule has 0 saturated carbocycles. The normalized spacial score (nSPS) is 9.08. The Morgan fingerprint density at radius 1 is 1.58 bits per heavy atom. The van der Waals surface area contributed by atoms with Crippen molar-refractivity contribution in [2.45, 2.75) is 0 Å². The number of terminal acetylenes is 1. The molecule has 1 rings (SSSR count). The van der Waals surface area contributed by atoms with Gasteiger partial charge >= 0.3 is 0 Å². The SMILES string of the molecule is C#Cc1cc(Br)c(O)c(OC)c1. The lowest BCUT2D eigenvalue weighted by Gasteiger charge is -2.05. The molecule has 0 atom stereocenters. The minimum Gasteiger partial charge on any atom is -0.503 e. The summed E-state index contributed by atoms with van der Waals surface area (Å²) in [4.78, 5) is 0. The number of benzene rings is 1. The molecule has 0 saturated heterocycles. The molecule has 0 aromatic heterocycles. The summed E-state index contributed by atoms with van der Waals surface area (Å²) in [6, 6.07) is 3.25. The maximum absolute atomic E-state index is 9.38. The number of rotatable bonds is 1. The summed E-state index contributed by atoms with van der Waals surface area (Å²) in [5.41, 5.74) is 0.663. The number of hydrogen-bond acceptors (Lipinski definition) is 2. The van der Waals surface area contributed by atoms with Gasteiger partial charge in [-0.3, -0.25) is 0 Å². The fourth-order valence-corrected chi connectivity index (χ4v) is 1.25. The largest absolute Gasteiger partial charge is 0.503 e. The molecule has 12 heavy (non-hydrogen) atoms. The highest BCUT2D eigenvalue weighted by Crippen LogP contribution is 2.34. The second kappa shape index (κ2) is 3.51. The third kappa shape index (κ3) is 1.54. The van der Waals surface area contributed by atoms with E-state index in [-0.39, 0.29) is 5.75 Å². The molecule has 0 fully saturated rings. The molecule has 0 bridgehead atoms. The molecule has 0 spiro atoms. The van der Waals surface area contributed by atoms with Gasteiger partial charge < -0.3 is 9.84 Å². The van der Waals surface area contributed by atoms with Crippen LogP contribution >= 0.6 is 15.9 Å². The number of phenolic OH excluding ortho intramolecular Hbond substituents is 1. The van der Waals surface area contributed by atoms with Crippen LogP contribution in [0.15, 0.2) is 16.6 Å². The molecule has 0 aliphatic carbocycles. The molecule has 62 valence electrons. The van der Waals surface area contributed by atoms with Crippen LogP contribution in [0.4, 0.5) is 0 Å². The van der Waals surface area contributed by atoms with Crippen LogP contribution in [-0.4, -0.2) is 12.2 Å². The molecule has 0 radical (unpaired) electrons. The van der Waals surface area contributed by atoms with Gasteiger partial charge in [0.05, 0.1) is 11.6 Å². The monoisotopic (exact) mass is 226 g/mol. The first kappa shape index (κ1) is 8.95. The molecule has 1 aromatic rings. The maximum atomic E-state index is 9.38. The molecule has 0 amide bonds. The predicted molar refractivity (Wildman–Crippen MR) is 50.3 cm³/mol. The van der Waals surface area contributed by atoms with Crippen LogP contribution in [0.1, 0.15) is 5.56 Å². The van der Waals surface area contributed by atoms with Crippen LogP contribution in [0.2, 0.25) is 0 Å². The lowest BCUT2D eigenvalue weighted by atomic mass is 10.2. The van der Waals surface area contributed by atoms with E-state index in [9.17, 15) is 5.11 Å². The first-order valence-electron chi connectivity index (χ1n) is 3.22. The van der Waals surface area contributed by atoms with Crippen molar-refractivity contribution in [2.75, 3.05) is 7.11 Å². The summed E-state index contributed by atoms with van der Waals surface area (Å²) in [5.74, 6) is 2.89. The summed E-state index contributed by atoms with van der Waals surface area (Å²) in [5, 5.41) is 9.38. The van der Waals surface area contributed by atoms with Crippen molar-refractivity contribution < 1.29 is 9.84 Å². The van der Waals surface area contributed by atoms with Gasteiger partial charge in [0, 0.05) is 5.56 Å². The van der Waals surface area contributed by atoms with Crippen molar-refractivity contribution in [1.29, 1.82) is 0 Å². The Bertz CT molecular complexity index is 339. The van der Waals surface area contributed by atoms with Crippen LogP contribution in [0.5, 0.6) is 11.5 Å². The number of ether oxygens (including phenoxy) is 1. The van der Waals surface area contributed by atoms with E-state index in [1.54, 1.807) is 12.1 Å². The number of methoxy groups -OCH3 is 1. The zero-order valence-corrected chi connectivity index (χ0v) is 8.05. The number of phenols is 1. The van der Waals surface area contributed by atoms with E-state index in [4.69, 9.17) is 11.2 Å². The van der Waals surface area contributed by atoms with Crippen LogP contribution in [-0.2, 0) is 0 Å². The molecule has 2 nitrogen and oxygen atoms in total. The summed E-state index contributed by atoms with van der Waals surface area (Å²) in [7, 11) is 1.47. The number of aromatic hydroxyl groups is 1. The lowest BCUT2D eigenvalue weighted by molar-refractivity contribution is 0.372. The zero-order valence-electron chi connectivity index (χ0n) is 6.47. The van der Waals surface area contributed by atoms with Crippen LogP contribution in [0, 0.1) is 12.3 Å². The van der Waals surface area contributed by atoms with E-state index in [0.29, 0.717) is 15.8 Å². The molecule has 3 heteroatoms. The van der Waals surface area contributed by atoms with Crippen molar-refractivity contribution in [1.82, 2.24) is 0 Å². The Hall–Kier alpha value is -1.14. The Balaban J connectivity index is 3.31. The van der Waals surface area contributed by atoms with Crippen molar-refractivity contribution in [3.05, 3.63) is 22.2 Å². The Kier molecular flexibility index (Phi) is 2.61. The van der Waals surface area contributed by atoms with E-state index in [1.807, 2.05) is 0 Å². The fraction of sp³-hybridized carbons (Fsp3) is 0.111. The molecular formula is C9H7BrO2. The Morgan fingerprint density at radius 3 is 2.75 bits per heavy atom. The summed E-state index contributed by atoms with van der Waals surface area (Å²) >= 11 is 3.15. The quantitative estimate of drug-likeness (QED) is 0.744. The molecule has 0 aliphatic rings. The van der Waals surface area contributed by atoms with E-state index in [1.165, 1.54) is 7.11 Å². The Labute approximate surface area is 79.3 Å². The lowest BCUT2D eigenvalue weighted by Crippen LogP contribution is -1.85. The van der Waals surface area contributed by atoms with E-state index >= 15 is 0 Å². The van der Waals surface area contributed by atoms with Crippen molar-refractivity contribution >= 4 is 15.9 Å². The van der Waals surface area contributed by atoms with E-state index in [0.717, 1.165) is 0 Å². The van der Waals surface area contributed by atoms with Gasteiger partial charge in [0.1, 0.15) is 0 Å². The predicted octanol–water partition coefficient (Wildman–Crippen LogP) is 2.14. The third-order valence-electron chi connectivity index (χ3n) is 1.42. The van der Waals surface area contributed by atoms with Gasteiger partial charge in [0.2, 0.25) is 0 Å². The highest BCUT2D eigenvalue weighted by atomic mass is 79.9. The molecule has 0 heterocycles. The van der Waals surface area contributed by atoms with Gasteiger partial charge in [-0.1, -0.05) is 5.92 Å². The molecule has 0 aliphatic heterocycles. The summed E-state index contributed by atoms with van der Waals surface area (Å²) in [6.07, 6.45) is 5.18. The van der Waals surface area contributed by atoms with Gasteiger partial charge in [-0.25, -0.2) is 0 Å². The average molecular weight is 227 g/mol. The number of hydrogen-bond donors (Lipinski definition) is 1. The van der Waals surface area contributed by atoms with Gasteiger partial charge in [-0.15, -0.1) is 6.42 Å². The van der Waals surface area contributed by atoms with Crippen LogP contribution in [0.25, 0.3) is 0 Å². The van der Waals surface area contributed by atoms with Gasteiger partial charge in [0.25, 0.3) is 0 Å². The fourth-order valence-electron chi connectivity index (χ4n) is 0.813. The van der Waals surface area contributed by atoms with E-state index in [2.05, 4.69) is 21.9 Å². The van der Waals surface area contributed by atoms with Crippen molar-refractivity contribution in [3.63, 3.8) is 0 Å². The molecule has 0 unspecified atom stereocenters. The first-order chi connectivity index (χ1) is 5.69. The highest BCUT2D eigenvalue weighted by Gasteiger charge is 2.06. The standard InChI is InChI=1S/C9H7BrO2/c1-3-6-4-7(10)9(11)8(5-6)12-2/h1,4-5,11H,2H3. The summed E-state index contributed by atoms with van der Waals surface area (Å²) < 4.78 is 5.43. The topological polar surface area (TPSA) is 29.5 Å². The molecule has 1 N–H and O–H groups in total. The molecule has 1 aromatic carbocycles. The minimum absolute atomic E-state index is 0.0662. The number of halogens is 1. The van der Waals surface area contributed by atoms with Crippen LogP contribution < -0.4 is 4.74 Å². The average Bonchev–Trinajstić information content (AvgIpc) is 2.09. The highest BCUT2D eigenvalue weighted by molar-refractivity contribution is 9.10. The third-order valence-corrected chi connectivity index (χ3v) is 2.02. The van der Waals surface area contributed by atoms with Gasteiger partial charge in [-0.2, -0.15) is 0 Å². The minimum atomic E-state index is 0.0662. The Morgan fingerprint density at radius 2 is 2.25 bits per heavy atom. The zero-order chi connectivity index (χ0) is 9.14. The first-order valence-corrected chi connectivity index (χ1v) is 4.01. The summed E-state index contributed by atoms with van der Waals surface area (Å²) in [6.45, 7) is 0.